The number of carbonyl (C=O) groups excluding carboxylic acids is 1. The minimum absolute atomic E-state index is 0.412. The normalized spacial score (nSPS) is 10.3. The lowest BCUT2D eigenvalue weighted by atomic mass is 10.2. The van der Waals surface area contributed by atoms with Gasteiger partial charge in [-0.15, -0.1) is 0 Å². The van der Waals surface area contributed by atoms with E-state index >= 15 is 0 Å². The van der Waals surface area contributed by atoms with E-state index in [0.717, 1.165) is 17.7 Å². The van der Waals surface area contributed by atoms with E-state index in [2.05, 4.69) is 10.6 Å². The third-order valence-electron chi connectivity index (χ3n) is 2.73. The molecule has 0 unspecified atom stereocenters. The average molecular weight is 315 g/mol. The minimum Gasteiger partial charge on any atom is -0.307 e. The number of urea groups is 1. The lowest BCUT2D eigenvalue weighted by Gasteiger charge is -2.11. The van der Waals surface area contributed by atoms with Gasteiger partial charge in [0.1, 0.15) is 0 Å². The molecule has 0 heterocycles. The number of carbonyl (C=O) groups is 1. The maximum Gasteiger partial charge on any atom is 0.323 e. The maximum absolute atomic E-state index is 13.4. The van der Waals surface area contributed by atoms with Crippen LogP contribution in [0.2, 0.25) is 5.02 Å². The molecule has 2 aromatic carbocycles. The van der Waals surface area contributed by atoms with Gasteiger partial charge >= 0.3 is 6.03 Å². The van der Waals surface area contributed by atoms with Gasteiger partial charge in [0.2, 0.25) is 0 Å². The first-order chi connectivity index (χ1) is 9.88. The fourth-order valence-electron chi connectivity index (χ4n) is 1.63. The van der Waals surface area contributed by atoms with Crippen LogP contribution in [-0.4, -0.2) is 6.03 Å². The van der Waals surface area contributed by atoms with Gasteiger partial charge in [0.25, 0.3) is 0 Å². The highest BCUT2D eigenvalue weighted by Crippen LogP contribution is 2.22. The molecule has 0 aliphatic heterocycles. The zero-order valence-corrected chi connectivity index (χ0v) is 11.6. The second-order valence-electron chi connectivity index (χ2n) is 4.26. The number of nitrogens with one attached hydrogen (secondary N) is 2. The predicted molar refractivity (Wildman–Crippen MR) is 75.1 cm³/mol. The second-order valence-corrected chi connectivity index (χ2v) is 4.70. The van der Waals surface area contributed by atoms with E-state index in [0.29, 0.717) is 10.7 Å². The number of hydrogen-bond donors (Lipinski definition) is 2. The first-order valence-electron chi connectivity index (χ1n) is 5.86. The molecule has 2 aromatic rings. The van der Waals surface area contributed by atoms with Crippen molar-refractivity contribution in [3.63, 3.8) is 0 Å². The van der Waals surface area contributed by atoms with Gasteiger partial charge in [-0.1, -0.05) is 17.7 Å². The van der Waals surface area contributed by atoms with Gasteiger partial charge in [0.05, 0.1) is 5.69 Å². The van der Waals surface area contributed by atoms with Crippen molar-refractivity contribution in [3.05, 3.63) is 58.4 Å². The van der Waals surface area contributed by atoms with E-state index in [9.17, 15) is 18.0 Å². The van der Waals surface area contributed by atoms with Crippen molar-refractivity contribution in [2.45, 2.75) is 6.92 Å². The van der Waals surface area contributed by atoms with E-state index in [1.54, 1.807) is 19.1 Å². The Morgan fingerprint density at radius 2 is 1.67 bits per heavy atom. The molecule has 0 saturated heterocycles. The van der Waals surface area contributed by atoms with Crippen molar-refractivity contribution in [1.29, 1.82) is 0 Å². The molecule has 0 fully saturated rings. The van der Waals surface area contributed by atoms with Gasteiger partial charge in [0.15, 0.2) is 17.5 Å². The predicted octanol–water partition coefficient (Wildman–Crippen LogP) is 4.71. The molecule has 2 amide bonds. The van der Waals surface area contributed by atoms with E-state index in [1.165, 1.54) is 6.07 Å². The molecule has 0 aliphatic carbocycles. The zero-order valence-electron chi connectivity index (χ0n) is 10.8. The number of anilines is 2. The summed E-state index contributed by atoms with van der Waals surface area (Å²) in [6, 6.07) is 5.70. The lowest BCUT2D eigenvalue weighted by molar-refractivity contribution is 0.262. The van der Waals surface area contributed by atoms with Crippen molar-refractivity contribution < 1.29 is 18.0 Å². The summed E-state index contributed by atoms with van der Waals surface area (Å²) >= 11 is 5.80. The summed E-state index contributed by atoms with van der Waals surface area (Å²) in [5.41, 5.74) is 0.689. The van der Waals surface area contributed by atoms with Crippen LogP contribution in [0.1, 0.15) is 5.56 Å². The van der Waals surface area contributed by atoms with Gasteiger partial charge in [-0.2, -0.15) is 0 Å². The topological polar surface area (TPSA) is 41.1 Å². The summed E-state index contributed by atoms with van der Waals surface area (Å²) in [5.74, 6) is -4.44. The van der Waals surface area contributed by atoms with Crippen molar-refractivity contribution in [2.24, 2.45) is 0 Å². The highest BCUT2D eigenvalue weighted by molar-refractivity contribution is 6.31. The molecule has 0 radical (unpaired) electrons. The zero-order chi connectivity index (χ0) is 15.6. The van der Waals surface area contributed by atoms with Gasteiger partial charge < -0.3 is 10.6 Å². The first kappa shape index (κ1) is 15.2. The first-order valence-corrected chi connectivity index (χ1v) is 6.24. The molecule has 0 saturated carbocycles. The Hall–Kier alpha value is -2.21. The molecular formula is C14H10ClF3N2O. The lowest BCUT2D eigenvalue weighted by Crippen LogP contribution is -2.21. The third kappa shape index (κ3) is 3.46. The second kappa shape index (κ2) is 6.05. The molecular weight excluding hydrogens is 305 g/mol. The Morgan fingerprint density at radius 1 is 1.00 bits per heavy atom. The van der Waals surface area contributed by atoms with E-state index < -0.39 is 29.2 Å². The van der Waals surface area contributed by atoms with Crippen LogP contribution in [0.15, 0.2) is 30.3 Å². The third-order valence-corrected chi connectivity index (χ3v) is 2.97. The molecule has 7 heteroatoms. The van der Waals surface area contributed by atoms with Gasteiger partial charge in [0, 0.05) is 10.7 Å². The van der Waals surface area contributed by atoms with E-state index in [1.807, 2.05) is 0 Å². The Morgan fingerprint density at radius 3 is 2.38 bits per heavy atom. The van der Waals surface area contributed by atoms with Gasteiger partial charge in [-0.05, 0) is 36.8 Å². The van der Waals surface area contributed by atoms with Gasteiger partial charge in [-0.25, -0.2) is 18.0 Å². The summed E-state index contributed by atoms with van der Waals surface area (Å²) < 4.78 is 39.3. The maximum atomic E-state index is 13.4. The molecule has 0 spiro atoms. The Labute approximate surface area is 123 Å². The summed E-state index contributed by atoms with van der Waals surface area (Å²) in [6.45, 7) is 1.74. The van der Waals surface area contributed by atoms with E-state index in [4.69, 9.17) is 11.6 Å². The monoisotopic (exact) mass is 314 g/mol. The molecule has 3 nitrogen and oxygen atoms in total. The Kier molecular flexibility index (Phi) is 4.37. The molecule has 2 rings (SSSR count). The molecule has 21 heavy (non-hydrogen) atoms. The highest BCUT2D eigenvalue weighted by atomic mass is 35.5. The summed E-state index contributed by atoms with van der Waals surface area (Å²) in [7, 11) is 0. The Bertz CT molecular complexity index is 707. The molecule has 110 valence electrons. The van der Waals surface area contributed by atoms with Crippen LogP contribution in [0.5, 0.6) is 0 Å². The van der Waals surface area contributed by atoms with Crippen LogP contribution >= 0.6 is 11.6 Å². The van der Waals surface area contributed by atoms with Crippen LogP contribution in [0.25, 0.3) is 0 Å². The van der Waals surface area contributed by atoms with Crippen LogP contribution in [0, 0.1) is 24.4 Å². The number of amides is 2. The molecule has 0 aromatic heterocycles. The molecule has 0 bridgehead atoms. The van der Waals surface area contributed by atoms with Crippen molar-refractivity contribution in [3.8, 4) is 0 Å². The van der Waals surface area contributed by atoms with Crippen LogP contribution in [0.4, 0.5) is 29.3 Å². The fraction of sp³-hybridized carbons (Fsp3) is 0.0714. The SMILES string of the molecule is Cc1ccc(Cl)cc1NC(=O)Nc1ccc(F)c(F)c1F. The van der Waals surface area contributed by atoms with E-state index in [-0.39, 0.29) is 0 Å². The number of hydrogen-bond acceptors (Lipinski definition) is 1. The van der Waals surface area contributed by atoms with Gasteiger partial charge in [-0.3, -0.25) is 0 Å². The summed E-state index contributed by atoms with van der Waals surface area (Å²) in [6.07, 6.45) is 0. The number of halogens is 4. The summed E-state index contributed by atoms with van der Waals surface area (Å²) in [5, 5.41) is 4.95. The van der Waals surface area contributed by atoms with Crippen LogP contribution in [0.3, 0.4) is 0 Å². The minimum atomic E-state index is -1.65. The average Bonchev–Trinajstić information content (AvgIpc) is 2.43. The number of rotatable bonds is 2. The largest absolute Gasteiger partial charge is 0.323 e. The van der Waals surface area contributed by atoms with Crippen molar-refractivity contribution in [2.75, 3.05) is 10.6 Å². The molecule has 0 aliphatic rings. The quantitative estimate of drug-likeness (QED) is 0.774. The molecule has 0 atom stereocenters. The van der Waals surface area contributed by atoms with Crippen LogP contribution in [-0.2, 0) is 0 Å². The summed E-state index contributed by atoms with van der Waals surface area (Å²) in [4.78, 5) is 11.7. The smallest absolute Gasteiger partial charge is 0.307 e. The molecule has 2 N–H and O–H groups in total. The standard InChI is InChI=1S/C14H10ClF3N2O/c1-7-2-3-8(15)6-11(7)20-14(21)19-10-5-4-9(16)12(17)13(10)18/h2-6H,1H3,(H2,19,20,21). The fourth-order valence-corrected chi connectivity index (χ4v) is 1.80. The Balaban J connectivity index is 2.16. The highest BCUT2D eigenvalue weighted by Gasteiger charge is 2.15. The van der Waals surface area contributed by atoms with Crippen LogP contribution < -0.4 is 10.6 Å². The van der Waals surface area contributed by atoms with Crippen molar-refractivity contribution in [1.82, 2.24) is 0 Å². The number of benzene rings is 2. The van der Waals surface area contributed by atoms with Crippen molar-refractivity contribution >= 4 is 29.0 Å². The number of aryl methyl sites for hydroxylation is 1.